The van der Waals surface area contributed by atoms with Crippen LogP contribution in [0.5, 0.6) is 11.8 Å². The number of amides is 1. The van der Waals surface area contributed by atoms with Gasteiger partial charge in [-0.05, 0) is 20.8 Å². The van der Waals surface area contributed by atoms with Crippen molar-refractivity contribution in [3.8, 4) is 11.8 Å². The zero-order valence-electron chi connectivity index (χ0n) is 13.1. The van der Waals surface area contributed by atoms with E-state index in [0.29, 0.717) is 30.8 Å². The second-order valence-electron chi connectivity index (χ2n) is 6.09. The third-order valence-corrected chi connectivity index (χ3v) is 3.12. The summed E-state index contributed by atoms with van der Waals surface area (Å²) in [6, 6.07) is 1.62. The highest BCUT2D eigenvalue weighted by atomic mass is 16.5. The van der Waals surface area contributed by atoms with Crippen molar-refractivity contribution >= 4 is 11.9 Å². The van der Waals surface area contributed by atoms with Crippen molar-refractivity contribution in [1.82, 2.24) is 15.3 Å². The fraction of sp³-hybridized carbons (Fsp3) is 0.643. The molecule has 7 heteroatoms. The molecule has 116 valence electrons. The van der Waals surface area contributed by atoms with Gasteiger partial charge in [0.05, 0.1) is 26.2 Å². The molecule has 1 aromatic heterocycles. The fourth-order valence-corrected chi connectivity index (χ4v) is 2.02. The summed E-state index contributed by atoms with van der Waals surface area (Å²) in [7, 11) is 3.09. The number of aromatic nitrogens is 2. The van der Waals surface area contributed by atoms with Gasteiger partial charge < -0.3 is 19.7 Å². The Hall–Kier alpha value is -2.05. The van der Waals surface area contributed by atoms with Gasteiger partial charge in [0.15, 0.2) is 0 Å². The normalized spacial score (nSPS) is 15.4. The third kappa shape index (κ3) is 3.74. The Morgan fingerprint density at radius 1 is 1.24 bits per heavy atom. The lowest BCUT2D eigenvalue weighted by atomic mass is 9.98. The maximum atomic E-state index is 12.0. The quantitative estimate of drug-likeness (QED) is 0.887. The molecule has 0 bridgehead atoms. The molecule has 7 nitrogen and oxygen atoms in total. The van der Waals surface area contributed by atoms with E-state index in [0.717, 1.165) is 0 Å². The van der Waals surface area contributed by atoms with Gasteiger partial charge in [-0.1, -0.05) is 0 Å². The van der Waals surface area contributed by atoms with E-state index >= 15 is 0 Å². The van der Waals surface area contributed by atoms with Crippen LogP contribution >= 0.6 is 0 Å². The van der Waals surface area contributed by atoms with Crippen LogP contribution in [0.3, 0.4) is 0 Å². The van der Waals surface area contributed by atoms with Crippen molar-refractivity contribution in [1.29, 1.82) is 0 Å². The summed E-state index contributed by atoms with van der Waals surface area (Å²) in [4.78, 5) is 22.5. The Morgan fingerprint density at radius 3 is 2.19 bits per heavy atom. The highest BCUT2D eigenvalue weighted by Gasteiger charge is 2.35. The van der Waals surface area contributed by atoms with Crippen LogP contribution in [-0.2, 0) is 4.79 Å². The number of hydrogen-bond acceptors (Lipinski definition) is 6. The summed E-state index contributed by atoms with van der Waals surface area (Å²) in [6.07, 6.45) is 0. The number of carbonyl (C=O) groups excluding carboxylic acids is 1. The number of rotatable bonds is 4. The SMILES string of the molecule is COc1cc(OC)nc(N2CC(C(=O)NC(C)(C)C)C2)n1. The van der Waals surface area contributed by atoms with Crippen LogP contribution in [0.1, 0.15) is 20.8 Å². The molecular formula is C14H22N4O3. The second-order valence-corrected chi connectivity index (χ2v) is 6.09. The van der Waals surface area contributed by atoms with Crippen LogP contribution in [0.25, 0.3) is 0 Å². The molecular weight excluding hydrogens is 272 g/mol. The van der Waals surface area contributed by atoms with Gasteiger partial charge in [0.1, 0.15) is 0 Å². The van der Waals surface area contributed by atoms with E-state index in [4.69, 9.17) is 9.47 Å². The minimum Gasteiger partial charge on any atom is -0.481 e. The van der Waals surface area contributed by atoms with E-state index < -0.39 is 0 Å². The van der Waals surface area contributed by atoms with Gasteiger partial charge >= 0.3 is 0 Å². The van der Waals surface area contributed by atoms with E-state index in [-0.39, 0.29) is 17.4 Å². The Balaban J connectivity index is 1.99. The minimum atomic E-state index is -0.215. The maximum absolute atomic E-state index is 12.0. The molecule has 1 aliphatic rings. The molecule has 0 spiro atoms. The highest BCUT2D eigenvalue weighted by Crippen LogP contribution is 2.26. The van der Waals surface area contributed by atoms with Crippen LogP contribution in [0.2, 0.25) is 0 Å². The molecule has 1 fully saturated rings. The van der Waals surface area contributed by atoms with Crippen molar-refractivity contribution in [2.24, 2.45) is 5.92 Å². The summed E-state index contributed by atoms with van der Waals surface area (Å²) in [5, 5.41) is 2.98. The average Bonchev–Trinajstić information content (AvgIpc) is 2.34. The van der Waals surface area contributed by atoms with E-state index in [9.17, 15) is 4.79 Å². The Morgan fingerprint density at radius 2 is 1.76 bits per heavy atom. The maximum Gasteiger partial charge on any atom is 0.232 e. The van der Waals surface area contributed by atoms with Crippen LogP contribution < -0.4 is 19.7 Å². The van der Waals surface area contributed by atoms with Gasteiger partial charge in [-0.15, -0.1) is 0 Å². The lowest BCUT2D eigenvalue weighted by molar-refractivity contribution is -0.127. The molecule has 0 saturated carbocycles. The number of ether oxygens (including phenoxy) is 2. The van der Waals surface area contributed by atoms with E-state index in [2.05, 4.69) is 15.3 Å². The summed E-state index contributed by atoms with van der Waals surface area (Å²) in [6.45, 7) is 7.10. The lowest BCUT2D eigenvalue weighted by Crippen LogP contribution is -2.57. The van der Waals surface area contributed by atoms with Gasteiger partial charge in [-0.2, -0.15) is 9.97 Å². The molecule has 2 heterocycles. The second kappa shape index (κ2) is 5.75. The van der Waals surface area contributed by atoms with Crippen molar-refractivity contribution in [2.45, 2.75) is 26.3 Å². The first kappa shape index (κ1) is 15.3. The average molecular weight is 294 g/mol. The molecule has 0 radical (unpaired) electrons. The molecule has 2 rings (SSSR count). The van der Waals surface area contributed by atoms with Crippen molar-refractivity contribution in [3.63, 3.8) is 0 Å². The van der Waals surface area contributed by atoms with Crippen molar-refractivity contribution in [3.05, 3.63) is 6.07 Å². The number of nitrogens with one attached hydrogen (secondary N) is 1. The third-order valence-electron chi connectivity index (χ3n) is 3.12. The van der Waals surface area contributed by atoms with Gasteiger partial charge in [0, 0.05) is 18.6 Å². The summed E-state index contributed by atoms with van der Waals surface area (Å²) >= 11 is 0. The minimum absolute atomic E-state index is 0.0370. The molecule has 0 aliphatic carbocycles. The van der Waals surface area contributed by atoms with Gasteiger partial charge in [-0.3, -0.25) is 4.79 Å². The zero-order chi connectivity index (χ0) is 15.6. The first-order valence-electron chi connectivity index (χ1n) is 6.86. The van der Waals surface area contributed by atoms with Crippen LogP contribution in [0, 0.1) is 5.92 Å². The number of methoxy groups -OCH3 is 2. The van der Waals surface area contributed by atoms with E-state index in [1.165, 1.54) is 0 Å². The standard InChI is InChI=1S/C14H22N4O3/c1-14(2,3)17-12(19)9-7-18(8-9)13-15-10(20-4)6-11(16-13)21-5/h6,9H,7-8H2,1-5H3,(H,17,19). The monoisotopic (exact) mass is 294 g/mol. The van der Waals surface area contributed by atoms with Gasteiger partial charge in [-0.25, -0.2) is 0 Å². The summed E-state index contributed by atoms with van der Waals surface area (Å²) < 4.78 is 10.2. The van der Waals surface area contributed by atoms with Gasteiger partial charge in [0.2, 0.25) is 23.6 Å². The Labute approximate surface area is 124 Å². The smallest absolute Gasteiger partial charge is 0.232 e. The predicted octanol–water partition coefficient (Wildman–Crippen LogP) is 0.845. The molecule has 1 N–H and O–H groups in total. The summed E-state index contributed by atoms with van der Waals surface area (Å²) in [5.74, 6) is 1.43. The van der Waals surface area contributed by atoms with Crippen molar-refractivity contribution in [2.75, 3.05) is 32.2 Å². The van der Waals surface area contributed by atoms with Crippen LogP contribution in [0.15, 0.2) is 6.07 Å². The van der Waals surface area contributed by atoms with Gasteiger partial charge in [0.25, 0.3) is 0 Å². The topological polar surface area (TPSA) is 76.6 Å². The zero-order valence-corrected chi connectivity index (χ0v) is 13.1. The number of carbonyl (C=O) groups is 1. The van der Waals surface area contributed by atoms with E-state index in [1.807, 2.05) is 25.7 Å². The summed E-state index contributed by atoms with van der Waals surface area (Å²) in [5.41, 5.74) is -0.215. The molecule has 1 aliphatic heterocycles. The number of nitrogens with zero attached hydrogens (tertiary/aromatic N) is 3. The van der Waals surface area contributed by atoms with E-state index in [1.54, 1.807) is 20.3 Å². The first-order chi connectivity index (χ1) is 9.82. The molecule has 1 aromatic rings. The number of hydrogen-bond donors (Lipinski definition) is 1. The largest absolute Gasteiger partial charge is 0.481 e. The van der Waals surface area contributed by atoms with Crippen LogP contribution in [-0.4, -0.2) is 48.7 Å². The Kier molecular flexibility index (Phi) is 4.20. The van der Waals surface area contributed by atoms with Crippen molar-refractivity contribution < 1.29 is 14.3 Å². The Bertz CT molecular complexity index is 499. The highest BCUT2D eigenvalue weighted by molar-refractivity contribution is 5.82. The molecule has 0 unspecified atom stereocenters. The molecule has 21 heavy (non-hydrogen) atoms. The fourth-order valence-electron chi connectivity index (χ4n) is 2.02. The molecule has 1 amide bonds. The lowest BCUT2D eigenvalue weighted by Gasteiger charge is -2.39. The first-order valence-corrected chi connectivity index (χ1v) is 6.86. The predicted molar refractivity (Wildman–Crippen MR) is 78.7 cm³/mol. The molecule has 0 atom stereocenters. The van der Waals surface area contributed by atoms with Crippen LogP contribution in [0.4, 0.5) is 5.95 Å². The molecule has 0 aromatic carbocycles. The number of anilines is 1. The molecule has 1 saturated heterocycles.